The summed E-state index contributed by atoms with van der Waals surface area (Å²) >= 11 is 0. The van der Waals surface area contributed by atoms with Crippen molar-refractivity contribution in [3.05, 3.63) is 54.6 Å². The number of hydrogen-bond donors (Lipinski definition) is 2. The van der Waals surface area contributed by atoms with Gasteiger partial charge in [-0.15, -0.1) is 0 Å². The Kier molecular flexibility index (Phi) is 5.35. The maximum absolute atomic E-state index is 12.0. The topological polar surface area (TPSA) is 64.4 Å². The molecular formula is C17H20N2O2. The Bertz CT molecular complexity index is 584. The summed E-state index contributed by atoms with van der Waals surface area (Å²) in [4.78, 5) is 12.0. The van der Waals surface area contributed by atoms with Crippen molar-refractivity contribution < 1.29 is 9.53 Å². The molecule has 2 aromatic carbocycles. The Morgan fingerprint density at radius 2 is 1.81 bits per heavy atom. The highest BCUT2D eigenvalue weighted by molar-refractivity contribution is 5.92. The average molecular weight is 284 g/mol. The number of carbonyl (C=O) groups excluding carboxylic acids is 1. The molecule has 0 aliphatic carbocycles. The number of nitrogens with one attached hydrogen (secondary N) is 1. The number of carbonyl (C=O) groups is 1. The maximum Gasteiger partial charge on any atom is 0.224 e. The van der Waals surface area contributed by atoms with Crippen LogP contribution in [0.5, 0.6) is 11.5 Å². The zero-order valence-corrected chi connectivity index (χ0v) is 12.1. The van der Waals surface area contributed by atoms with E-state index in [4.69, 9.17) is 10.5 Å². The number of ether oxygens (including phenoxy) is 1. The van der Waals surface area contributed by atoms with E-state index in [0.29, 0.717) is 24.4 Å². The second-order valence-corrected chi connectivity index (χ2v) is 5.00. The number of benzene rings is 2. The van der Waals surface area contributed by atoms with Crippen molar-refractivity contribution in [2.45, 2.75) is 13.3 Å². The zero-order chi connectivity index (χ0) is 15.1. The first-order chi connectivity index (χ1) is 10.2. The van der Waals surface area contributed by atoms with Gasteiger partial charge in [0.2, 0.25) is 5.91 Å². The fourth-order valence-electron chi connectivity index (χ4n) is 1.88. The molecule has 0 saturated heterocycles. The minimum Gasteiger partial charge on any atom is -0.455 e. The third-order valence-corrected chi connectivity index (χ3v) is 3.07. The SMILES string of the molecule is CC(CN)CC(=O)Nc1ccccc1Oc1ccccc1. The number of nitrogens with two attached hydrogens (primary N) is 1. The molecule has 0 spiro atoms. The molecule has 1 amide bonds. The summed E-state index contributed by atoms with van der Waals surface area (Å²) in [7, 11) is 0. The number of rotatable bonds is 6. The molecule has 2 rings (SSSR count). The summed E-state index contributed by atoms with van der Waals surface area (Å²) in [5.74, 6) is 1.45. The first-order valence-electron chi connectivity index (χ1n) is 7.01. The van der Waals surface area contributed by atoms with E-state index in [2.05, 4.69) is 5.32 Å². The highest BCUT2D eigenvalue weighted by Crippen LogP contribution is 2.29. The normalized spacial score (nSPS) is 11.7. The first-order valence-corrected chi connectivity index (χ1v) is 7.01. The smallest absolute Gasteiger partial charge is 0.224 e. The van der Waals surface area contributed by atoms with Crippen LogP contribution in [-0.4, -0.2) is 12.5 Å². The van der Waals surface area contributed by atoms with Crippen LogP contribution in [0.25, 0.3) is 0 Å². The van der Waals surface area contributed by atoms with Crippen molar-refractivity contribution in [2.75, 3.05) is 11.9 Å². The third-order valence-electron chi connectivity index (χ3n) is 3.07. The summed E-state index contributed by atoms with van der Waals surface area (Å²) in [5, 5.41) is 2.88. The molecule has 0 aromatic heterocycles. The molecule has 4 heteroatoms. The Hall–Kier alpha value is -2.33. The first kappa shape index (κ1) is 15.1. The van der Waals surface area contributed by atoms with Crippen molar-refractivity contribution in [1.29, 1.82) is 0 Å². The number of para-hydroxylation sites is 3. The monoisotopic (exact) mass is 284 g/mol. The Labute approximate surface area is 124 Å². The van der Waals surface area contributed by atoms with Crippen LogP contribution in [0.1, 0.15) is 13.3 Å². The van der Waals surface area contributed by atoms with Gasteiger partial charge in [0.25, 0.3) is 0 Å². The molecule has 0 bridgehead atoms. The van der Waals surface area contributed by atoms with E-state index in [1.165, 1.54) is 0 Å². The third kappa shape index (κ3) is 4.61. The Morgan fingerprint density at radius 3 is 2.52 bits per heavy atom. The van der Waals surface area contributed by atoms with Gasteiger partial charge in [0, 0.05) is 6.42 Å². The summed E-state index contributed by atoms with van der Waals surface area (Å²) in [6, 6.07) is 16.9. The van der Waals surface area contributed by atoms with Crippen molar-refractivity contribution in [3.8, 4) is 11.5 Å². The van der Waals surface area contributed by atoms with Crippen LogP contribution < -0.4 is 15.8 Å². The van der Waals surface area contributed by atoms with Gasteiger partial charge in [-0.05, 0) is 36.7 Å². The van der Waals surface area contributed by atoms with Gasteiger partial charge in [-0.3, -0.25) is 4.79 Å². The number of hydrogen-bond acceptors (Lipinski definition) is 3. The van der Waals surface area contributed by atoms with E-state index < -0.39 is 0 Å². The Balaban J connectivity index is 2.08. The van der Waals surface area contributed by atoms with Crippen LogP contribution in [-0.2, 0) is 4.79 Å². The van der Waals surface area contributed by atoms with Crippen LogP contribution in [0.15, 0.2) is 54.6 Å². The quantitative estimate of drug-likeness (QED) is 0.854. The molecule has 110 valence electrons. The van der Waals surface area contributed by atoms with Crippen LogP contribution in [0.4, 0.5) is 5.69 Å². The van der Waals surface area contributed by atoms with E-state index in [1.807, 2.05) is 61.5 Å². The van der Waals surface area contributed by atoms with Gasteiger partial charge in [0.1, 0.15) is 5.75 Å². The fourth-order valence-corrected chi connectivity index (χ4v) is 1.88. The second kappa shape index (κ2) is 7.45. The molecule has 0 radical (unpaired) electrons. The van der Waals surface area contributed by atoms with E-state index in [-0.39, 0.29) is 11.8 Å². The lowest BCUT2D eigenvalue weighted by Gasteiger charge is -2.13. The maximum atomic E-state index is 12.0. The van der Waals surface area contributed by atoms with Gasteiger partial charge in [-0.2, -0.15) is 0 Å². The van der Waals surface area contributed by atoms with Crippen molar-refractivity contribution in [1.82, 2.24) is 0 Å². The average Bonchev–Trinajstić information content (AvgIpc) is 2.50. The molecule has 0 aliphatic heterocycles. The predicted molar refractivity (Wildman–Crippen MR) is 84.4 cm³/mol. The lowest BCUT2D eigenvalue weighted by Crippen LogP contribution is -2.20. The summed E-state index contributed by atoms with van der Waals surface area (Å²) in [6.45, 7) is 2.45. The van der Waals surface area contributed by atoms with Crippen LogP contribution in [0.2, 0.25) is 0 Å². The standard InChI is InChI=1S/C17H20N2O2/c1-13(12-18)11-17(20)19-15-9-5-6-10-16(15)21-14-7-3-2-4-8-14/h2-10,13H,11-12,18H2,1H3,(H,19,20). The molecular weight excluding hydrogens is 264 g/mol. The van der Waals surface area contributed by atoms with Crippen molar-refractivity contribution >= 4 is 11.6 Å². The van der Waals surface area contributed by atoms with Crippen molar-refractivity contribution in [3.63, 3.8) is 0 Å². The van der Waals surface area contributed by atoms with Crippen LogP contribution in [0.3, 0.4) is 0 Å². The number of amides is 1. The van der Waals surface area contributed by atoms with Gasteiger partial charge < -0.3 is 15.8 Å². The minimum absolute atomic E-state index is 0.0583. The Morgan fingerprint density at radius 1 is 1.14 bits per heavy atom. The summed E-state index contributed by atoms with van der Waals surface area (Å²) in [5.41, 5.74) is 6.20. The van der Waals surface area contributed by atoms with E-state index in [0.717, 1.165) is 5.75 Å². The summed E-state index contributed by atoms with van der Waals surface area (Å²) in [6.07, 6.45) is 0.399. The minimum atomic E-state index is -0.0583. The molecule has 0 heterocycles. The van der Waals surface area contributed by atoms with Gasteiger partial charge >= 0.3 is 0 Å². The van der Waals surface area contributed by atoms with Gasteiger partial charge in [0.15, 0.2) is 5.75 Å². The second-order valence-electron chi connectivity index (χ2n) is 5.00. The molecule has 1 atom stereocenters. The number of anilines is 1. The molecule has 21 heavy (non-hydrogen) atoms. The zero-order valence-electron chi connectivity index (χ0n) is 12.1. The van der Waals surface area contributed by atoms with E-state index in [9.17, 15) is 4.79 Å². The molecule has 4 nitrogen and oxygen atoms in total. The lowest BCUT2D eigenvalue weighted by molar-refractivity contribution is -0.116. The predicted octanol–water partition coefficient (Wildman–Crippen LogP) is 3.40. The van der Waals surface area contributed by atoms with Gasteiger partial charge in [-0.25, -0.2) is 0 Å². The van der Waals surface area contributed by atoms with Crippen LogP contribution >= 0.6 is 0 Å². The molecule has 0 saturated carbocycles. The molecule has 0 aliphatic rings. The van der Waals surface area contributed by atoms with E-state index in [1.54, 1.807) is 0 Å². The summed E-state index contributed by atoms with van der Waals surface area (Å²) < 4.78 is 5.80. The lowest BCUT2D eigenvalue weighted by atomic mass is 10.1. The highest BCUT2D eigenvalue weighted by atomic mass is 16.5. The van der Waals surface area contributed by atoms with Gasteiger partial charge in [-0.1, -0.05) is 37.3 Å². The molecule has 3 N–H and O–H groups in total. The fraction of sp³-hybridized carbons (Fsp3) is 0.235. The molecule has 0 fully saturated rings. The highest BCUT2D eigenvalue weighted by Gasteiger charge is 2.11. The molecule has 1 unspecified atom stereocenters. The van der Waals surface area contributed by atoms with E-state index >= 15 is 0 Å². The largest absolute Gasteiger partial charge is 0.455 e. The van der Waals surface area contributed by atoms with Gasteiger partial charge in [0.05, 0.1) is 5.69 Å². The molecule has 2 aromatic rings. The van der Waals surface area contributed by atoms with Crippen molar-refractivity contribution in [2.24, 2.45) is 11.7 Å². The van der Waals surface area contributed by atoms with Crippen LogP contribution in [0, 0.1) is 5.92 Å².